The van der Waals surface area contributed by atoms with Gasteiger partial charge >= 0.3 is 11.9 Å². The lowest BCUT2D eigenvalue weighted by Crippen LogP contribution is -2.35. The lowest BCUT2D eigenvalue weighted by Gasteiger charge is -2.05. The van der Waals surface area contributed by atoms with Gasteiger partial charge in [-0.05, 0) is 6.07 Å². The highest BCUT2D eigenvalue weighted by Gasteiger charge is 2.18. The molecule has 90 valence electrons. The SMILES string of the molecule is NC(COC(=O)c1cc2[nH]ccc2o1)C(=O)O. The van der Waals surface area contributed by atoms with E-state index in [1.807, 2.05) is 0 Å². The van der Waals surface area contributed by atoms with E-state index in [2.05, 4.69) is 4.98 Å². The number of aromatic amines is 1. The fourth-order valence-corrected chi connectivity index (χ4v) is 1.26. The number of furan rings is 1. The first-order valence-electron chi connectivity index (χ1n) is 4.80. The van der Waals surface area contributed by atoms with E-state index in [-0.39, 0.29) is 5.76 Å². The number of carbonyl (C=O) groups is 2. The monoisotopic (exact) mass is 238 g/mol. The van der Waals surface area contributed by atoms with Crippen molar-refractivity contribution in [3.63, 3.8) is 0 Å². The molecule has 0 saturated heterocycles. The van der Waals surface area contributed by atoms with Gasteiger partial charge in [0.25, 0.3) is 0 Å². The summed E-state index contributed by atoms with van der Waals surface area (Å²) in [7, 11) is 0. The van der Waals surface area contributed by atoms with E-state index < -0.39 is 24.6 Å². The quantitative estimate of drug-likeness (QED) is 0.660. The van der Waals surface area contributed by atoms with E-state index >= 15 is 0 Å². The maximum Gasteiger partial charge on any atom is 0.374 e. The van der Waals surface area contributed by atoms with E-state index in [0.29, 0.717) is 11.1 Å². The average molecular weight is 238 g/mol. The molecule has 1 unspecified atom stereocenters. The molecule has 1 atom stereocenters. The second-order valence-corrected chi connectivity index (χ2v) is 3.41. The number of H-pyrrole nitrogens is 1. The number of hydrogen-bond acceptors (Lipinski definition) is 5. The molecular weight excluding hydrogens is 228 g/mol. The second kappa shape index (κ2) is 4.30. The average Bonchev–Trinajstić information content (AvgIpc) is 2.84. The van der Waals surface area contributed by atoms with Crippen LogP contribution in [-0.2, 0) is 9.53 Å². The summed E-state index contributed by atoms with van der Waals surface area (Å²) in [5.41, 5.74) is 6.38. The number of carboxylic acid groups (broad SMARTS) is 1. The highest BCUT2D eigenvalue weighted by molar-refractivity contribution is 5.91. The molecule has 0 aliphatic rings. The number of ether oxygens (including phenoxy) is 1. The highest BCUT2D eigenvalue weighted by atomic mass is 16.5. The Hall–Kier alpha value is -2.28. The smallest absolute Gasteiger partial charge is 0.374 e. The van der Waals surface area contributed by atoms with Gasteiger partial charge in [0.2, 0.25) is 5.76 Å². The molecule has 7 heteroatoms. The highest BCUT2D eigenvalue weighted by Crippen LogP contribution is 2.18. The van der Waals surface area contributed by atoms with Crippen molar-refractivity contribution in [2.24, 2.45) is 5.73 Å². The first-order chi connectivity index (χ1) is 8.08. The number of esters is 1. The third-order valence-corrected chi connectivity index (χ3v) is 2.15. The number of nitrogens with one attached hydrogen (secondary N) is 1. The summed E-state index contributed by atoms with van der Waals surface area (Å²) in [4.78, 5) is 24.7. The van der Waals surface area contributed by atoms with E-state index in [9.17, 15) is 9.59 Å². The fourth-order valence-electron chi connectivity index (χ4n) is 1.26. The molecule has 2 aromatic heterocycles. The molecule has 0 spiro atoms. The fraction of sp³-hybridized carbons (Fsp3) is 0.200. The lowest BCUT2D eigenvalue weighted by atomic mass is 10.3. The number of carbonyl (C=O) groups excluding carboxylic acids is 1. The van der Waals surface area contributed by atoms with Gasteiger partial charge in [-0.25, -0.2) is 4.79 Å². The summed E-state index contributed by atoms with van der Waals surface area (Å²) < 4.78 is 9.87. The van der Waals surface area contributed by atoms with Gasteiger partial charge in [-0.2, -0.15) is 0 Å². The minimum absolute atomic E-state index is 0.00411. The van der Waals surface area contributed by atoms with Crippen molar-refractivity contribution in [2.75, 3.05) is 6.61 Å². The van der Waals surface area contributed by atoms with Crippen LogP contribution in [0.1, 0.15) is 10.6 Å². The Bertz CT molecular complexity index is 527. The van der Waals surface area contributed by atoms with Crippen LogP contribution in [0.3, 0.4) is 0 Å². The Morgan fingerprint density at radius 1 is 1.59 bits per heavy atom. The lowest BCUT2D eigenvalue weighted by molar-refractivity contribution is -0.139. The Kier molecular flexibility index (Phi) is 2.84. The van der Waals surface area contributed by atoms with E-state index in [4.69, 9.17) is 20.0 Å². The normalized spacial score (nSPS) is 12.5. The number of aromatic nitrogens is 1. The first-order valence-corrected chi connectivity index (χ1v) is 4.80. The molecule has 4 N–H and O–H groups in total. The van der Waals surface area contributed by atoms with Gasteiger partial charge < -0.3 is 25.0 Å². The number of rotatable bonds is 4. The zero-order valence-corrected chi connectivity index (χ0v) is 8.67. The predicted molar refractivity (Wildman–Crippen MR) is 56.5 cm³/mol. The van der Waals surface area contributed by atoms with Crippen molar-refractivity contribution in [1.82, 2.24) is 4.98 Å². The number of nitrogens with two attached hydrogens (primary N) is 1. The summed E-state index contributed by atoms with van der Waals surface area (Å²) >= 11 is 0. The van der Waals surface area contributed by atoms with Crippen LogP contribution < -0.4 is 5.73 Å². The van der Waals surface area contributed by atoms with Crippen molar-refractivity contribution in [1.29, 1.82) is 0 Å². The van der Waals surface area contributed by atoms with Gasteiger partial charge in [-0.15, -0.1) is 0 Å². The van der Waals surface area contributed by atoms with Gasteiger partial charge in [-0.1, -0.05) is 0 Å². The molecule has 0 fully saturated rings. The zero-order valence-electron chi connectivity index (χ0n) is 8.67. The third-order valence-electron chi connectivity index (χ3n) is 2.15. The molecule has 0 aliphatic heterocycles. The van der Waals surface area contributed by atoms with Crippen LogP contribution in [0, 0.1) is 0 Å². The van der Waals surface area contributed by atoms with E-state index in [0.717, 1.165) is 0 Å². The molecule has 0 aliphatic carbocycles. The molecule has 0 saturated carbocycles. The number of aliphatic carboxylic acids is 1. The summed E-state index contributed by atoms with van der Waals surface area (Å²) in [6, 6.07) is 1.90. The maximum atomic E-state index is 11.5. The van der Waals surface area contributed by atoms with Crippen LogP contribution >= 0.6 is 0 Å². The molecule has 0 aromatic carbocycles. The van der Waals surface area contributed by atoms with Gasteiger partial charge in [0.05, 0.1) is 5.52 Å². The molecular formula is C10H10N2O5. The summed E-state index contributed by atoms with van der Waals surface area (Å²) in [5, 5.41) is 8.50. The Morgan fingerprint density at radius 3 is 3.00 bits per heavy atom. The minimum atomic E-state index is -1.24. The van der Waals surface area contributed by atoms with E-state index in [1.54, 1.807) is 12.3 Å². The third kappa shape index (κ3) is 2.28. The molecule has 2 heterocycles. The van der Waals surface area contributed by atoms with Crippen molar-refractivity contribution in [3.8, 4) is 0 Å². The van der Waals surface area contributed by atoms with Crippen molar-refractivity contribution < 1.29 is 23.8 Å². The van der Waals surface area contributed by atoms with Crippen molar-refractivity contribution >= 4 is 23.0 Å². The topological polar surface area (TPSA) is 119 Å². The molecule has 17 heavy (non-hydrogen) atoms. The number of hydrogen-bond donors (Lipinski definition) is 3. The maximum absolute atomic E-state index is 11.5. The predicted octanol–water partition coefficient (Wildman–Crippen LogP) is 0.330. The summed E-state index contributed by atoms with van der Waals surface area (Å²) in [6.45, 7) is -0.400. The molecule has 2 rings (SSSR count). The minimum Gasteiger partial charge on any atom is -0.480 e. The van der Waals surface area contributed by atoms with Crippen LogP contribution in [-0.4, -0.2) is 34.7 Å². The zero-order chi connectivity index (χ0) is 12.4. The van der Waals surface area contributed by atoms with Crippen molar-refractivity contribution in [3.05, 3.63) is 24.1 Å². The second-order valence-electron chi connectivity index (χ2n) is 3.41. The van der Waals surface area contributed by atoms with Crippen LogP contribution in [0.2, 0.25) is 0 Å². The summed E-state index contributed by atoms with van der Waals surface area (Å²) in [6.07, 6.45) is 1.67. The Labute approximate surface area is 95.1 Å². The van der Waals surface area contributed by atoms with Crippen LogP contribution in [0.4, 0.5) is 0 Å². The molecule has 0 bridgehead atoms. The van der Waals surface area contributed by atoms with Gasteiger partial charge in [0.15, 0.2) is 5.58 Å². The van der Waals surface area contributed by atoms with Crippen LogP contribution in [0.25, 0.3) is 11.1 Å². The van der Waals surface area contributed by atoms with Gasteiger partial charge in [0, 0.05) is 12.3 Å². The standard InChI is InChI=1S/C10H10N2O5/c11-5(9(13)14)4-16-10(15)8-3-6-7(17-8)1-2-12-6/h1-3,5,12H,4,11H2,(H,13,14). The van der Waals surface area contributed by atoms with E-state index in [1.165, 1.54) is 6.07 Å². The number of carboxylic acids is 1. The molecule has 7 nitrogen and oxygen atoms in total. The molecule has 0 radical (unpaired) electrons. The Balaban J connectivity index is 2.01. The largest absolute Gasteiger partial charge is 0.480 e. The van der Waals surface area contributed by atoms with Gasteiger partial charge in [-0.3, -0.25) is 4.79 Å². The Morgan fingerprint density at radius 2 is 2.35 bits per heavy atom. The van der Waals surface area contributed by atoms with Crippen molar-refractivity contribution in [2.45, 2.75) is 6.04 Å². The molecule has 2 aromatic rings. The summed E-state index contributed by atoms with van der Waals surface area (Å²) in [5.74, 6) is -1.97. The number of fused-ring (bicyclic) bond motifs is 1. The van der Waals surface area contributed by atoms with Crippen LogP contribution in [0.15, 0.2) is 22.7 Å². The first kappa shape index (κ1) is 11.2. The van der Waals surface area contributed by atoms with Crippen LogP contribution in [0.5, 0.6) is 0 Å². The molecule has 0 amide bonds. The van der Waals surface area contributed by atoms with Gasteiger partial charge in [0.1, 0.15) is 12.6 Å².